The van der Waals surface area contributed by atoms with Crippen molar-refractivity contribution in [3.8, 4) is 16.9 Å². The van der Waals surface area contributed by atoms with Gasteiger partial charge in [0.2, 0.25) is 0 Å². The summed E-state index contributed by atoms with van der Waals surface area (Å²) < 4.78 is 52.4. The molecule has 0 aliphatic heterocycles. The molecule has 0 N–H and O–H groups in total. The molecule has 0 spiro atoms. The van der Waals surface area contributed by atoms with Crippen molar-refractivity contribution in [1.82, 2.24) is 4.98 Å². The third-order valence-electron chi connectivity index (χ3n) is 7.04. The van der Waals surface area contributed by atoms with Gasteiger partial charge in [-0.25, -0.2) is 4.79 Å². The second-order valence-electron chi connectivity index (χ2n) is 9.88. The van der Waals surface area contributed by atoms with Crippen molar-refractivity contribution in [2.45, 2.75) is 26.1 Å². The van der Waals surface area contributed by atoms with E-state index in [4.69, 9.17) is 4.74 Å². The number of hydrogen-bond acceptors (Lipinski definition) is 4. The SMILES string of the molecule is COC(=O)/C=C/c1ccc(COc2cccc(-c3c(Cc4ccccc4C)cnc4c(C(F)(F)F)cccc34)c2)cc1. The van der Waals surface area contributed by atoms with Crippen LogP contribution in [-0.4, -0.2) is 18.1 Å². The first-order valence-corrected chi connectivity index (χ1v) is 13.3. The molecule has 0 bridgehead atoms. The molecule has 0 saturated carbocycles. The molecule has 0 atom stereocenters. The normalized spacial score (nSPS) is 11.6. The van der Waals surface area contributed by atoms with Crippen molar-refractivity contribution in [2.75, 3.05) is 7.11 Å². The van der Waals surface area contributed by atoms with E-state index in [-0.39, 0.29) is 12.1 Å². The topological polar surface area (TPSA) is 48.4 Å². The largest absolute Gasteiger partial charge is 0.489 e. The number of halogens is 3. The van der Waals surface area contributed by atoms with Gasteiger partial charge in [0.25, 0.3) is 0 Å². The third-order valence-corrected chi connectivity index (χ3v) is 7.04. The number of ether oxygens (including phenoxy) is 2. The average molecular weight is 568 g/mol. The molecule has 5 aromatic rings. The smallest absolute Gasteiger partial charge is 0.418 e. The van der Waals surface area contributed by atoms with Gasteiger partial charge in [-0.1, -0.05) is 72.8 Å². The molecule has 1 aromatic heterocycles. The molecule has 0 fully saturated rings. The number of pyridine rings is 1. The summed E-state index contributed by atoms with van der Waals surface area (Å²) in [5.74, 6) is 0.155. The van der Waals surface area contributed by atoms with E-state index < -0.39 is 17.7 Å². The predicted octanol–water partition coefficient (Wildman–Crippen LogP) is 8.59. The number of nitrogens with zero attached hydrogens (tertiary/aromatic N) is 1. The zero-order valence-electron chi connectivity index (χ0n) is 23.1. The fourth-order valence-electron chi connectivity index (χ4n) is 4.85. The van der Waals surface area contributed by atoms with Gasteiger partial charge in [-0.2, -0.15) is 13.2 Å². The van der Waals surface area contributed by atoms with Crippen LogP contribution in [0.15, 0.2) is 103 Å². The Bertz CT molecular complexity index is 1760. The first-order chi connectivity index (χ1) is 20.2. The lowest BCUT2D eigenvalue weighted by Gasteiger charge is -2.17. The molecule has 4 nitrogen and oxygen atoms in total. The van der Waals surface area contributed by atoms with E-state index in [1.54, 1.807) is 18.3 Å². The summed E-state index contributed by atoms with van der Waals surface area (Å²) in [6.07, 6.45) is 0.561. The minimum absolute atomic E-state index is 0.0822. The number of aryl methyl sites for hydroxylation is 1. The van der Waals surface area contributed by atoms with Gasteiger partial charge in [-0.3, -0.25) is 4.98 Å². The monoisotopic (exact) mass is 567 g/mol. The van der Waals surface area contributed by atoms with E-state index in [9.17, 15) is 18.0 Å². The number of alkyl halides is 3. The van der Waals surface area contributed by atoms with Crippen LogP contribution in [0.3, 0.4) is 0 Å². The lowest BCUT2D eigenvalue weighted by Crippen LogP contribution is -2.07. The number of benzene rings is 4. The van der Waals surface area contributed by atoms with Gasteiger partial charge in [0.1, 0.15) is 12.4 Å². The number of methoxy groups -OCH3 is 1. The van der Waals surface area contributed by atoms with Crippen molar-refractivity contribution in [3.63, 3.8) is 0 Å². The Balaban J connectivity index is 1.49. The lowest BCUT2D eigenvalue weighted by atomic mass is 9.91. The molecule has 0 unspecified atom stereocenters. The highest BCUT2D eigenvalue weighted by Crippen LogP contribution is 2.39. The number of esters is 1. The molecular formula is C35H28F3NO3. The highest BCUT2D eigenvalue weighted by molar-refractivity contribution is 5.98. The lowest BCUT2D eigenvalue weighted by molar-refractivity contribution is -0.136. The number of fused-ring (bicyclic) bond motifs is 1. The Morgan fingerprint density at radius 2 is 1.67 bits per heavy atom. The first kappa shape index (κ1) is 28.6. The number of rotatable bonds is 8. The predicted molar refractivity (Wildman–Crippen MR) is 158 cm³/mol. The molecule has 42 heavy (non-hydrogen) atoms. The van der Waals surface area contributed by atoms with Crippen molar-refractivity contribution >= 4 is 22.9 Å². The maximum absolute atomic E-state index is 13.9. The Morgan fingerprint density at radius 3 is 2.40 bits per heavy atom. The first-order valence-electron chi connectivity index (χ1n) is 13.3. The summed E-state index contributed by atoms with van der Waals surface area (Å²) in [5, 5.41) is 0.434. The number of para-hydroxylation sites is 1. The molecule has 1 heterocycles. The minimum Gasteiger partial charge on any atom is -0.489 e. The Labute approximate surface area is 242 Å². The molecule has 4 aromatic carbocycles. The maximum atomic E-state index is 13.9. The third kappa shape index (κ3) is 6.52. The molecule has 0 aliphatic rings. The van der Waals surface area contributed by atoms with Crippen molar-refractivity contribution in [2.24, 2.45) is 0 Å². The molecule has 0 radical (unpaired) electrons. The fraction of sp³-hybridized carbons (Fsp3) is 0.143. The van der Waals surface area contributed by atoms with Crippen LogP contribution < -0.4 is 4.74 Å². The number of carbonyl (C=O) groups is 1. The number of carbonyl (C=O) groups excluding carboxylic acids is 1. The van der Waals surface area contributed by atoms with Crippen LogP contribution >= 0.6 is 0 Å². The standard InChI is InChI=1S/C35H28F3NO3/c1-23-7-3-4-8-26(23)19-28-21-39-34-30(11-6-12-31(34)35(36,37)38)33(28)27-9-5-10-29(20-27)42-22-25-15-13-24(14-16-25)17-18-32(40)41-2/h3-18,20-21H,19,22H2,1-2H3/b18-17+. The molecule has 0 amide bonds. The summed E-state index contributed by atoms with van der Waals surface area (Å²) in [4.78, 5) is 15.6. The van der Waals surface area contributed by atoms with Crippen LogP contribution in [0.1, 0.15) is 33.4 Å². The second kappa shape index (κ2) is 12.3. The van der Waals surface area contributed by atoms with Gasteiger partial charge in [-0.15, -0.1) is 0 Å². The summed E-state index contributed by atoms with van der Waals surface area (Å²) >= 11 is 0. The molecular weight excluding hydrogens is 539 g/mol. The Hall–Kier alpha value is -4.91. The van der Waals surface area contributed by atoms with Gasteiger partial charge < -0.3 is 9.47 Å². The summed E-state index contributed by atoms with van der Waals surface area (Å²) in [5.41, 5.74) is 5.34. The van der Waals surface area contributed by atoms with Crippen LogP contribution in [0.2, 0.25) is 0 Å². The van der Waals surface area contributed by atoms with Crippen LogP contribution in [0.5, 0.6) is 5.75 Å². The van der Waals surface area contributed by atoms with E-state index in [0.717, 1.165) is 39.4 Å². The molecule has 212 valence electrons. The van der Waals surface area contributed by atoms with Gasteiger partial charge in [0.15, 0.2) is 0 Å². The van der Waals surface area contributed by atoms with Crippen molar-refractivity contribution in [1.29, 1.82) is 0 Å². The Kier molecular flexibility index (Phi) is 8.38. The zero-order chi connectivity index (χ0) is 29.7. The van der Waals surface area contributed by atoms with E-state index in [1.165, 1.54) is 19.3 Å². The number of aromatic nitrogens is 1. The van der Waals surface area contributed by atoms with Gasteiger partial charge in [0, 0.05) is 17.7 Å². The van der Waals surface area contributed by atoms with Crippen molar-refractivity contribution < 1.29 is 27.4 Å². The molecule has 0 saturated heterocycles. The van der Waals surface area contributed by atoms with Crippen LogP contribution in [0.4, 0.5) is 13.2 Å². The van der Waals surface area contributed by atoms with E-state index >= 15 is 0 Å². The summed E-state index contributed by atoms with van der Waals surface area (Å²) in [7, 11) is 1.32. The summed E-state index contributed by atoms with van der Waals surface area (Å²) in [6, 6.07) is 27.1. The highest BCUT2D eigenvalue weighted by atomic mass is 19.4. The van der Waals surface area contributed by atoms with E-state index in [0.29, 0.717) is 23.1 Å². The Morgan fingerprint density at radius 1 is 0.905 bits per heavy atom. The summed E-state index contributed by atoms with van der Waals surface area (Å²) in [6.45, 7) is 2.30. The van der Waals surface area contributed by atoms with Gasteiger partial charge in [0.05, 0.1) is 18.2 Å². The van der Waals surface area contributed by atoms with Crippen LogP contribution in [-0.2, 0) is 28.7 Å². The van der Waals surface area contributed by atoms with Gasteiger partial charge >= 0.3 is 12.1 Å². The average Bonchev–Trinajstić information content (AvgIpc) is 2.99. The second-order valence-corrected chi connectivity index (χ2v) is 9.88. The van der Waals surface area contributed by atoms with E-state index in [2.05, 4.69) is 9.72 Å². The molecule has 0 aliphatic carbocycles. The molecule has 7 heteroatoms. The highest BCUT2D eigenvalue weighted by Gasteiger charge is 2.33. The maximum Gasteiger partial charge on any atom is 0.418 e. The van der Waals surface area contributed by atoms with Gasteiger partial charge in [-0.05, 0) is 76.6 Å². The van der Waals surface area contributed by atoms with Crippen LogP contribution in [0, 0.1) is 6.92 Å². The zero-order valence-corrected chi connectivity index (χ0v) is 23.1. The van der Waals surface area contributed by atoms with E-state index in [1.807, 2.05) is 79.7 Å². The molecule has 5 rings (SSSR count). The van der Waals surface area contributed by atoms with Crippen molar-refractivity contribution in [3.05, 3.63) is 137 Å². The minimum atomic E-state index is -4.53. The van der Waals surface area contributed by atoms with Crippen LogP contribution in [0.25, 0.3) is 28.1 Å². The fourth-order valence-corrected chi connectivity index (χ4v) is 4.85. The quantitative estimate of drug-likeness (QED) is 0.139. The number of hydrogen-bond donors (Lipinski definition) is 0.